The Hall–Kier alpha value is -0.910. The quantitative estimate of drug-likeness (QED) is 0.791. The number of ether oxygens (including phenoxy) is 1. The summed E-state index contributed by atoms with van der Waals surface area (Å²) in [6, 6.07) is 9.95. The van der Waals surface area contributed by atoms with E-state index < -0.39 is 11.9 Å². The molecule has 2 nitrogen and oxygen atoms in total. The second kappa shape index (κ2) is 6.70. The molecule has 1 N–H and O–H groups in total. The van der Waals surface area contributed by atoms with Gasteiger partial charge in [0.15, 0.2) is 0 Å². The normalized spacial score (nSPS) is 12.2. The molecule has 0 aliphatic rings. The van der Waals surface area contributed by atoms with Gasteiger partial charge in [0.05, 0.1) is 11.1 Å². The average Bonchev–Trinajstić information content (AvgIpc) is 2.43. The van der Waals surface area contributed by atoms with E-state index in [0.717, 1.165) is 4.47 Å². The van der Waals surface area contributed by atoms with Gasteiger partial charge in [-0.1, -0.05) is 22.0 Å². The van der Waals surface area contributed by atoms with E-state index in [9.17, 15) is 9.50 Å². The Bertz CT molecular complexity index is 617. The largest absolute Gasteiger partial charge is 0.493 e. The Labute approximate surface area is 133 Å². The van der Waals surface area contributed by atoms with Crippen molar-refractivity contribution < 1.29 is 14.2 Å². The van der Waals surface area contributed by atoms with Crippen molar-refractivity contribution in [2.45, 2.75) is 13.0 Å². The Morgan fingerprint density at radius 3 is 2.60 bits per heavy atom. The Morgan fingerprint density at radius 2 is 1.95 bits per heavy atom. The van der Waals surface area contributed by atoms with Gasteiger partial charge in [0.2, 0.25) is 0 Å². The fourth-order valence-electron chi connectivity index (χ4n) is 1.88. The minimum Gasteiger partial charge on any atom is -0.493 e. The minimum absolute atomic E-state index is 0.368. The van der Waals surface area contributed by atoms with Gasteiger partial charge < -0.3 is 9.84 Å². The van der Waals surface area contributed by atoms with Gasteiger partial charge in [-0.2, -0.15) is 0 Å². The van der Waals surface area contributed by atoms with Crippen molar-refractivity contribution in [3.8, 4) is 5.75 Å². The first-order valence-corrected chi connectivity index (χ1v) is 7.66. The zero-order valence-corrected chi connectivity index (χ0v) is 13.9. The molecule has 20 heavy (non-hydrogen) atoms. The van der Waals surface area contributed by atoms with Crippen LogP contribution in [0.25, 0.3) is 0 Å². The number of hydrogen-bond acceptors (Lipinski definition) is 2. The third-order valence-corrected chi connectivity index (χ3v) is 3.96. The van der Waals surface area contributed by atoms with Gasteiger partial charge in [0, 0.05) is 10.0 Å². The van der Waals surface area contributed by atoms with E-state index in [1.807, 2.05) is 13.0 Å². The number of aliphatic hydroxyl groups is 1. The van der Waals surface area contributed by atoms with Crippen molar-refractivity contribution in [1.29, 1.82) is 0 Å². The van der Waals surface area contributed by atoms with Crippen molar-refractivity contribution >= 4 is 31.9 Å². The summed E-state index contributed by atoms with van der Waals surface area (Å²) in [5, 5.41) is 10.5. The minimum atomic E-state index is -0.948. The van der Waals surface area contributed by atoms with Crippen LogP contribution in [-0.2, 0) is 0 Å². The van der Waals surface area contributed by atoms with Gasteiger partial charge in [-0.25, -0.2) is 4.39 Å². The van der Waals surface area contributed by atoms with E-state index in [1.54, 1.807) is 24.3 Å². The van der Waals surface area contributed by atoms with E-state index in [-0.39, 0.29) is 0 Å². The lowest BCUT2D eigenvalue weighted by Gasteiger charge is -2.17. The summed E-state index contributed by atoms with van der Waals surface area (Å²) < 4.78 is 20.3. The van der Waals surface area contributed by atoms with E-state index in [0.29, 0.717) is 28.0 Å². The van der Waals surface area contributed by atoms with Crippen LogP contribution in [0, 0.1) is 5.82 Å². The van der Waals surface area contributed by atoms with E-state index in [4.69, 9.17) is 4.74 Å². The van der Waals surface area contributed by atoms with E-state index in [2.05, 4.69) is 31.9 Å². The molecule has 1 atom stereocenters. The smallest absolute Gasteiger partial charge is 0.137 e. The van der Waals surface area contributed by atoms with Crippen molar-refractivity contribution in [2.24, 2.45) is 0 Å². The maximum Gasteiger partial charge on any atom is 0.137 e. The lowest BCUT2D eigenvalue weighted by molar-refractivity contribution is 0.211. The molecular formula is C15H13Br2FO2. The fraction of sp³-hybridized carbons (Fsp3) is 0.200. The van der Waals surface area contributed by atoms with E-state index >= 15 is 0 Å². The third-order valence-electron chi connectivity index (χ3n) is 2.83. The van der Waals surface area contributed by atoms with E-state index in [1.165, 1.54) is 6.07 Å². The molecule has 0 fully saturated rings. The zero-order chi connectivity index (χ0) is 14.7. The summed E-state index contributed by atoms with van der Waals surface area (Å²) in [5.74, 6) is 0.182. The van der Waals surface area contributed by atoms with Crippen LogP contribution in [0.1, 0.15) is 24.2 Å². The molecule has 2 aromatic carbocycles. The molecule has 106 valence electrons. The second-order valence-corrected chi connectivity index (χ2v) is 5.96. The number of aliphatic hydroxyl groups excluding tert-OH is 1. The van der Waals surface area contributed by atoms with Crippen LogP contribution in [0.2, 0.25) is 0 Å². The summed E-state index contributed by atoms with van der Waals surface area (Å²) in [4.78, 5) is 0. The van der Waals surface area contributed by atoms with Crippen LogP contribution in [0.3, 0.4) is 0 Å². The van der Waals surface area contributed by atoms with Gasteiger partial charge in [-0.3, -0.25) is 0 Å². The molecule has 2 aromatic rings. The molecule has 0 spiro atoms. The SMILES string of the molecule is CCOc1ccc(Br)cc1C(O)c1ccc(Br)c(F)c1. The number of rotatable bonds is 4. The molecular weight excluding hydrogens is 391 g/mol. The molecule has 1 unspecified atom stereocenters. The van der Waals surface area contributed by atoms with Crippen molar-refractivity contribution in [2.75, 3.05) is 6.61 Å². The van der Waals surface area contributed by atoms with Crippen LogP contribution in [0.5, 0.6) is 5.75 Å². The van der Waals surface area contributed by atoms with Crippen LogP contribution in [0.4, 0.5) is 4.39 Å². The first kappa shape index (κ1) is 15.5. The van der Waals surface area contributed by atoms with Crippen LogP contribution >= 0.6 is 31.9 Å². The first-order valence-electron chi connectivity index (χ1n) is 6.08. The maximum atomic E-state index is 13.6. The number of hydrogen-bond donors (Lipinski definition) is 1. The highest BCUT2D eigenvalue weighted by Gasteiger charge is 2.17. The molecule has 0 radical (unpaired) electrons. The fourth-order valence-corrected chi connectivity index (χ4v) is 2.51. The lowest BCUT2D eigenvalue weighted by Crippen LogP contribution is -2.04. The Balaban J connectivity index is 2.43. The van der Waals surface area contributed by atoms with Gasteiger partial charge in [0.25, 0.3) is 0 Å². The molecule has 2 rings (SSSR count). The van der Waals surface area contributed by atoms with Gasteiger partial charge in [-0.05, 0) is 58.7 Å². The Morgan fingerprint density at radius 1 is 1.20 bits per heavy atom. The predicted molar refractivity (Wildman–Crippen MR) is 83.5 cm³/mol. The highest BCUT2D eigenvalue weighted by molar-refractivity contribution is 9.10. The zero-order valence-electron chi connectivity index (χ0n) is 10.7. The van der Waals surface area contributed by atoms with Gasteiger partial charge in [0.1, 0.15) is 17.7 Å². The summed E-state index contributed by atoms with van der Waals surface area (Å²) in [7, 11) is 0. The third kappa shape index (κ3) is 3.40. The van der Waals surface area contributed by atoms with Gasteiger partial charge >= 0.3 is 0 Å². The summed E-state index contributed by atoms with van der Waals surface area (Å²) in [6.45, 7) is 2.37. The Kier molecular flexibility index (Phi) is 5.18. The molecule has 5 heteroatoms. The monoisotopic (exact) mass is 402 g/mol. The van der Waals surface area contributed by atoms with Crippen LogP contribution < -0.4 is 4.74 Å². The van der Waals surface area contributed by atoms with Gasteiger partial charge in [-0.15, -0.1) is 0 Å². The molecule has 0 amide bonds. The first-order chi connectivity index (χ1) is 9.52. The molecule has 0 heterocycles. The van der Waals surface area contributed by atoms with Crippen LogP contribution in [-0.4, -0.2) is 11.7 Å². The highest BCUT2D eigenvalue weighted by Crippen LogP contribution is 2.33. The summed E-state index contributed by atoms with van der Waals surface area (Å²) in [6.07, 6.45) is -0.948. The molecule has 0 saturated heterocycles. The second-order valence-electron chi connectivity index (χ2n) is 4.19. The van der Waals surface area contributed by atoms with Crippen molar-refractivity contribution in [3.05, 3.63) is 62.3 Å². The van der Waals surface area contributed by atoms with Crippen molar-refractivity contribution in [3.63, 3.8) is 0 Å². The lowest BCUT2D eigenvalue weighted by atomic mass is 10.0. The number of benzene rings is 2. The predicted octanol–water partition coefficient (Wildman–Crippen LogP) is 4.83. The van der Waals surface area contributed by atoms with Crippen molar-refractivity contribution in [1.82, 2.24) is 0 Å². The summed E-state index contributed by atoms with van der Waals surface area (Å²) in [5.41, 5.74) is 1.08. The molecule has 0 saturated carbocycles. The molecule has 0 aliphatic carbocycles. The summed E-state index contributed by atoms with van der Waals surface area (Å²) >= 11 is 6.46. The molecule has 0 aliphatic heterocycles. The standard InChI is InChI=1S/C15H13Br2FO2/c1-2-20-14-6-4-10(16)8-11(14)15(19)9-3-5-12(17)13(18)7-9/h3-8,15,19H,2H2,1H3. The number of halogens is 3. The highest BCUT2D eigenvalue weighted by atomic mass is 79.9. The molecule has 0 aromatic heterocycles. The average molecular weight is 404 g/mol. The molecule has 0 bridgehead atoms. The maximum absolute atomic E-state index is 13.6. The topological polar surface area (TPSA) is 29.5 Å². The van der Waals surface area contributed by atoms with Crippen LogP contribution in [0.15, 0.2) is 45.3 Å².